The number of carbonyl (C=O) groups is 2. The maximum absolute atomic E-state index is 12.5. The Labute approximate surface area is 198 Å². The van der Waals surface area contributed by atoms with E-state index in [1.165, 1.54) is 16.7 Å². The highest BCUT2D eigenvalue weighted by Crippen LogP contribution is 2.16. The number of Topliss-reactive ketones (excluding diaryl/α,β-unsaturated/α-hetero) is 1. The first-order chi connectivity index (χ1) is 15.2. The predicted molar refractivity (Wildman–Crippen MR) is 138 cm³/mol. The number of aromatic nitrogens is 1. The van der Waals surface area contributed by atoms with Gasteiger partial charge in [0.15, 0.2) is 5.78 Å². The number of allylic oxidation sites excluding steroid dienone is 5. The van der Waals surface area contributed by atoms with Crippen molar-refractivity contribution in [1.29, 1.82) is 0 Å². The minimum atomic E-state index is -0.607. The lowest BCUT2D eigenvalue weighted by atomic mass is 10.1. The summed E-state index contributed by atoms with van der Waals surface area (Å²) in [5.41, 5.74) is 10.3. The van der Waals surface area contributed by atoms with Crippen LogP contribution in [0.25, 0.3) is 0 Å². The number of primary amides is 1. The number of nitrogens with one attached hydrogen (secondary N) is 1. The van der Waals surface area contributed by atoms with Crippen molar-refractivity contribution in [2.45, 2.75) is 72.8 Å². The number of rotatable bonds is 15. The number of hydrogen-bond donors (Lipinski definition) is 2. The molecule has 3 N–H and O–H groups in total. The monoisotopic (exact) mass is 457 g/mol. The van der Waals surface area contributed by atoms with Gasteiger partial charge in [-0.3, -0.25) is 9.59 Å². The molecule has 0 aliphatic heterocycles. The van der Waals surface area contributed by atoms with Crippen molar-refractivity contribution in [3.8, 4) is 0 Å². The van der Waals surface area contributed by atoms with E-state index in [9.17, 15) is 9.59 Å². The number of carbonyl (C=O) groups excluding carboxylic acids is 2. The number of pyridine rings is 1. The molecule has 0 saturated heterocycles. The summed E-state index contributed by atoms with van der Waals surface area (Å²) in [6, 6.07) is 3.28. The number of hydrogen-bond acceptors (Lipinski definition) is 5. The zero-order chi connectivity index (χ0) is 23.9. The second kappa shape index (κ2) is 15.5. The van der Waals surface area contributed by atoms with Crippen molar-refractivity contribution < 1.29 is 9.59 Å². The number of nitrogens with zero attached hydrogens (tertiary/aromatic N) is 1. The van der Waals surface area contributed by atoms with Gasteiger partial charge in [0.2, 0.25) is 5.91 Å². The van der Waals surface area contributed by atoms with Gasteiger partial charge in [0.25, 0.3) is 0 Å². The Hall–Kier alpha value is -2.34. The summed E-state index contributed by atoms with van der Waals surface area (Å²) in [5.74, 6) is 1.22. The highest BCUT2D eigenvalue weighted by atomic mass is 32.2. The molecule has 5 nitrogen and oxygen atoms in total. The topological polar surface area (TPSA) is 85.1 Å². The third-order valence-corrected chi connectivity index (χ3v) is 5.99. The van der Waals surface area contributed by atoms with E-state index in [4.69, 9.17) is 5.73 Å². The van der Waals surface area contributed by atoms with Crippen LogP contribution >= 0.6 is 11.8 Å². The summed E-state index contributed by atoms with van der Waals surface area (Å²) < 4.78 is 0. The van der Waals surface area contributed by atoms with Crippen LogP contribution in [-0.4, -0.2) is 34.2 Å². The van der Waals surface area contributed by atoms with E-state index in [0.29, 0.717) is 11.6 Å². The second-order valence-corrected chi connectivity index (χ2v) is 9.55. The standard InChI is InChI=1S/C26H39N3O2S/c1-19(2)9-6-10-20(3)11-7-12-21(4)14-16-32-18-23(24(30)17-25(27)31)29-26-22(5)13-8-15-28-26/h8-9,11,13-15,23H,6-7,10,12,16-18H2,1-5H3,(H2,27,31)(H,28,29)/b20-11+,21-14+. The Morgan fingerprint density at radius 3 is 2.38 bits per heavy atom. The van der Waals surface area contributed by atoms with Gasteiger partial charge in [0.1, 0.15) is 5.82 Å². The summed E-state index contributed by atoms with van der Waals surface area (Å²) >= 11 is 1.66. The lowest BCUT2D eigenvalue weighted by Gasteiger charge is -2.18. The molecule has 0 bridgehead atoms. The van der Waals surface area contributed by atoms with Crippen LogP contribution in [0.15, 0.2) is 53.3 Å². The number of thioether (sulfide) groups is 1. The average molecular weight is 458 g/mol. The molecule has 0 aliphatic rings. The van der Waals surface area contributed by atoms with Gasteiger partial charge in [-0.1, -0.05) is 41.0 Å². The average Bonchev–Trinajstić information content (AvgIpc) is 2.70. The number of nitrogens with two attached hydrogens (primary N) is 1. The van der Waals surface area contributed by atoms with Crippen LogP contribution < -0.4 is 11.1 Å². The molecule has 1 atom stereocenters. The number of ketones is 1. The van der Waals surface area contributed by atoms with Crippen molar-refractivity contribution in [2.24, 2.45) is 5.73 Å². The Morgan fingerprint density at radius 1 is 1.09 bits per heavy atom. The molecular formula is C26H39N3O2S. The third kappa shape index (κ3) is 12.5. The summed E-state index contributed by atoms with van der Waals surface area (Å²) in [7, 11) is 0. The number of aryl methyl sites for hydroxylation is 1. The SMILES string of the molecule is CC(C)=CCC/C(C)=C/CC/C(C)=C/CSCC(Nc1ncccc1C)C(=O)CC(N)=O. The Kier molecular flexibility index (Phi) is 13.4. The van der Waals surface area contributed by atoms with E-state index in [2.05, 4.69) is 56.2 Å². The van der Waals surface area contributed by atoms with E-state index in [-0.39, 0.29) is 12.2 Å². The molecule has 0 aliphatic carbocycles. The van der Waals surface area contributed by atoms with E-state index in [1.54, 1.807) is 18.0 Å². The van der Waals surface area contributed by atoms with Crippen molar-refractivity contribution >= 4 is 29.3 Å². The van der Waals surface area contributed by atoms with Crippen molar-refractivity contribution in [1.82, 2.24) is 4.98 Å². The molecule has 0 saturated carbocycles. The molecule has 0 aromatic carbocycles. The molecule has 1 aromatic heterocycles. The maximum Gasteiger partial charge on any atom is 0.224 e. The molecular weight excluding hydrogens is 418 g/mol. The molecule has 0 spiro atoms. The molecule has 6 heteroatoms. The Bertz CT molecular complexity index is 839. The van der Waals surface area contributed by atoms with Crippen LogP contribution in [-0.2, 0) is 9.59 Å². The largest absolute Gasteiger partial charge is 0.369 e. The lowest BCUT2D eigenvalue weighted by Crippen LogP contribution is -2.35. The van der Waals surface area contributed by atoms with Crippen LogP contribution in [0, 0.1) is 6.92 Å². The predicted octanol–water partition coefficient (Wildman–Crippen LogP) is 5.77. The maximum atomic E-state index is 12.5. The first-order valence-electron chi connectivity index (χ1n) is 11.2. The fraction of sp³-hybridized carbons (Fsp3) is 0.500. The fourth-order valence-corrected chi connectivity index (χ4v) is 4.08. The van der Waals surface area contributed by atoms with Gasteiger partial charge in [-0.25, -0.2) is 4.98 Å². The summed E-state index contributed by atoms with van der Waals surface area (Å²) in [6.45, 7) is 10.6. The fourth-order valence-electron chi connectivity index (χ4n) is 3.04. The van der Waals surface area contributed by atoms with Gasteiger partial charge in [-0.15, -0.1) is 0 Å². The van der Waals surface area contributed by atoms with E-state index >= 15 is 0 Å². The summed E-state index contributed by atoms with van der Waals surface area (Å²) in [6.07, 6.45) is 12.6. The molecule has 1 amide bonds. The highest BCUT2D eigenvalue weighted by Gasteiger charge is 2.21. The van der Waals surface area contributed by atoms with Gasteiger partial charge in [0, 0.05) is 17.7 Å². The van der Waals surface area contributed by atoms with Gasteiger partial charge in [0.05, 0.1) is 12.5 Å². The van der Waals surface area contributed by atoms with Crippen LogP contribution in [0.1, 0.15) is 65.4 Å². The third-order valence-electron chi connectivity index (χ3n) is 5.01. The Morgan fingerprint density at radius 2 is 1.75 bits per heavy atom. The number of amides is 1. The zero-order valence-corrected chi connectivity index (χ0v) is 21.1. The molecule has 1 heterocycles. The smallest absolute Gasteiger partial charge is 0.224 e. The first kappa shape index (κ1) is 27.7. The lowest BCUT2D eigenvalue weighted by molar-refractivity contribution is -0.126. The molecule has 0 radical (unpaired) electrons. The molecule has 176 valence electrons. The molecule has 1 rings (SSSR count). The van der Waals surface area contributed by atoms with Crippen molar-refractivity contribution in [3.63, 3.8) is 0 Å². The molecule has 1 unspecified atom stereocenters. The van der Waals surface area contributed by atoms with Crippen LogP contribution in [0.4, 0.5) is 5.82 Å². The van der Waals surface area contributed by atoms with Gasteiger partial charge >= 0.3 is 0 Å². The quantitative estimate of drug-likeness (QED) is 0.198. The normalized spacial score (nSPS) is 12.9. The number of anilines is 1. The van der Waals surface area contributed by atoms with Gasteiger partial charge in [-0.2, -0.15) is 11.8 Å². The summed E-state index contributed by atoms with van der Waals surface area (Å²) in [5, 5.41) is 3.19. The molecule has 1 aromatic rings. The van der Waals surface area contributed by atoms with Crippen LogP contribution in [0.2, 0.25) is 0 Å². The van der Waals surface area contributed by atoms with Gasteiger partial charge in [-0.05, 0) is 71.9 Å². The Balaban J connectivity index is 2.51. The van der Waals surface area contributed by atoms with Crippen molar-refractivity contribution in [3.05, 3.63) is 58.8 Å². The van der Waals surface area contributed by atoms with E-state index in [0.717, 1.165) is 37.0 Å². The first-order valence-corrected chi connectivity index (χ1v) is 12.4. The van der Waals surface area contributed by atoms with Crippen LogP contribution in [0.5, 0.6) is 0 Å². The van der Waals surface area contributed by atoms with Gasteiger partial charge < -0.3 is 11.1 Å². The van der Waals surface area contributed by atoms with Crippen LogP contribution in [0.3, 0.4) is 0 Å². The highest BCUT2D eigenvalue weighted by molar-refractivity contribution is 7.99. The zero-order valence-electron chi connectivity index (χ0n) is 20.2. The minimum absolute atomic E-state index is 0.204. The van der Waals surface area contributed by atoms with E-state index < -0.39 is 11.9 Å². The summed E-state index contributed by atoms with van der Waals surface area (Å²) in [4.78, 5) is 28.0. The van der Waals surface area contributed by atoms with E-state index in [1.807, 2.05) is 19.1 Å². The second-order valence-electron chi connectivity index (χ2n) is 8.47. The molecule has 0 fully saturated rings. The van der Waals surface area contributed by atoms with Crippen molar-refractivity contribution in [2.75, 3.05) is 16.8 Å². The molecule has 32 heavy (non-hydrogen) atoms. The minimum Gasteiger partial charge on any atom is -0.369 e.